The molecule has 4 rings (SSSR count). The highest BCUT2D eigenvalue weighted by Crippen LogP contribution is 2.34. The first-order valence-corrected chi connectivity index (χ1v) is 9.63. The van der Waals surface area contributed by atoms with Gasteiger partial charge < -0.3 is 10.2 Å². The maximum atomic E-state index is 12.9. The van der Waals surface area contributed by atoms with E-state index in [9.17, 15) is 18.0 Å². The highest BCUT2D eigenvalue weighted by molar-refractivity contribution is 5.94. The van der Waals surface area contributed by atoms with E-state index in [-0.39, 0.29) is 24.2 Å². The van der Waals surface area contributed by atoms with Crippen molar-refractivity contribution in [3.63, 3.8) is 0 Å². The van der Waals surface area contributed by atoms with Gasteiger partial charge in [-0.1, -0.05) is 24.3 Å². The molecule has 3 heterocycles. The molecule has 1 aromatic carbocycles. The highest BCUT2D eigenvalue weighted by Gasteiger charge is 2.32. The van der Waals surface area contributed by atoms with Crippen LogP contribution < -0.4 is 5.32 Å². The van der Waals surface area contributed by atoms with E-state index < -0.39 is 12.6 Å². The van der Waals surface area contributed by atoms with Crippen LogP contribution in [0.25, 0.3) is 0 Å². The third-order valence-corrected chi connectivity index (χ3v) is 5.68. The molecule has 0 saturated carbocycles. The summed E-state index contributed by atoms with van der Waals surface area (Å²) in [6.45, 7) is 2.58. The van der Waals surface area contributed by atoms with Crippen molar-refractivity contribution in [2.75, 3.05) is 19.6 Å². The van der Waals surface area contributed by atoms with Crippen molar-refractivity contribution in [1.29, 1.82) is 0 Å². The minimum absolute atomic E-state index is 0. The number of aromatic nitrogens is 2. The first-order valence-electron chi connectivity index (χ1n) is 9.63. The summed E-state index contributed by atoms with van der Waals surface area (Å²) in [7, 11) is 0. The standard InChI is InChI=1S/C20H23F3N4O.ClH/c21-20(22,23)11-14-3-1-2-4-15(14)13-6-9-27(10-7-13)19(28)18-16-5-8-24-12-17(16)25-26-18;/h1-4,13,24H,5-12H2,(H,25,26);1H. The van der Waals surface area contributed by atoms with Crippen LogP contribution in [-0.4, -0.2) is 46.8 Å². The van der Waals surface area contributed by atoms with E-state index in [1.807, 2.05) is 0 Å². The third-order valence-electron chi connectivity index (χ3n) is 5.68. The monoisotopic (exact) mass is 428 g/mol. The number of likely N-dealkylation sites (tertiary alicyclic amines) is 1. The number of carbonyl (C=O) groups excluding carboxylic acids is 1. The van der Waals surface area contributed by atoms with Crippen LogP contribution in [0.4, 0.5) is 13.2 Å². The Morgan fingerprint density at radius 1 is 1.21 bits per heavy atom. The number of fused-ring (bicyclic) bond motifs is 1. The summed E-state index contributed by atoms with van der Waals surface area (Å²) in [6.07, 6.45) is -3.03. The number of piperidine rings is 1. The first-order chi connectivity index (χ1) is 13.4. The van der Waals surface area contributed by atoms with E-state index in [4.69, 9.17) is 0 Å². The molecule has 1 fully saturated rings. The molecule has 5 nitrogen and oxygen atoms in total. The number of alkyl halides is 3. The van der Waals surface area contributed by atoms with Crippen LogP contribution in [0.1, 0.15) is 51.6 Å². The average Bonchev–Trinajstić information content (AvgIpc) is 3.11. The van der Waals surface area contributed by atoms with E-state index in [1.165, 1.54) is 0 Å². The Morgan fingerprint density at radius 2 is 1.93 bits per heavy atom. The molecule has 0 atom stereocenters. The minimum Gasteiger partial charge on any atom is -0.337 e. The number of hydrogen-bond acceptors (Lipinski definition) is 3. The molecule has 2 N–H and O–H groups in total. The lowest BCUT2D eigenvalue weighted by Gasteiger charge is -2.33. The molecule has 0 unspecified atom stereocenters. The van der Waals surface area contributed by atoms with E-state index in [2.05, 4.69) is 15.5 Å². The summed E-state index contributed by atoms with van der Waals surface area (Å²) in [5, 5.41) is 10.4. The second kappa shape index (κ2) is 8.75. The van der Waals surface area contributed by atoms with Crippen LogP contribution in [0.5, 0.6) is 0 Å². The van der Waals surface area contributed by atoms with Crippen molar-refractivity contribution >= 4 is 18.3 Å². The topological polar surface area (TPSA) is 61.0 Å². The van der Waals surface area contributed by atoms with Gasteiger partial charge in [0.2, 0.25) is 0 Å². The van der Waals surface area contributed by atoms with Crippen molar-refractivity contribution in [1.82, 2.24) is 20.4 Å². The van der Waals surface area contributed by atoms with Gasteiger partial charge >= 0.3 is 6.18 Å². The molecular formula is C20H24ClF3N4O. The van der Waals surface area contributed by atoms with Crippen molar-refractivity contribution < 1.29 is 18.0 Å². The fourth-order valence-electron chi connectivity index (χ4n) is 4.27. The molecule has 1 aromatic heterocycles. The first kappa shape index (κ1) is 21.6. The molecule has 2 aromatic rings. The van der Waals surface area contributed by atoms with Gasteiger partial charge in [0.15, 0.2) is 5.69 Å². The second-order valence-electron chi connectivity index (χ2n) is 7.51. The van der Waals surface area contributed by atoms with Gasteiger partial charge in [0.05, 0.1) is 12.1 Å². The molecule has 29 heavy (non-hydrogen) atoms. The second-order valence-corrected chi connectivity index (χ2v) is 7.51. The Hall–Kier alpha value is -2.06. The van der Waals surface area contributed by atoms with E-state index in [0.29, 0.717) is 43.7 Å². The van der Waals surface area contributed by atoms with Crippen LogP contribution in [-0.2, 0) is 19.4 Å². The Kier molecular flexibility index (Phi) is 6.53. The highest BCUT2D eigenvalue weighted by atomic mass is 35.5. The molecule has 0 spiro atoms. The van der Waals surface area contributed by atoms with Gasteiger partial charge in [-0.3, -0.25) is 9.89 Å². The molecule has 0 radical (unpaired) electrons. The SMILES string of the molecule is Cl.O=C(c1n[nH]c2c1CCNC2)N1CCC(c2ccccc2CC(F)(F)F)CC1. The smallest absolute Gasteiger partial charge is 0.337 e. The number of carbonyl (C=O) groups is 1. The summed E-state index contributed by atoms with van der Waals surface area (Å²) in [6, 6.07) is 6.79. The van der Waals surface area contributed by atoms with E-state index in [0.717, 1.165) is 29.8 Å². The average molecular weight is 429 g/mol. The molecule has 1 amide bonds. The van der Waals surface area contributed by atoms with Crippen LogP contribution in [0.15, 0.2) is 24.3 Å². The van der Waals surface area contributed by atoms with Gasteiger partial charge in [-0.05, 0) is 42.9 Å². The van der Waals surface area contributed by atoms with Crippen LogP contribution >= 0.6 is 12.4 Å². The molecule has 158 valence electrons. The maximum absolute atomic E-state index is 12.9. The number of H-pyrrole nitrogens is 1. The Labute approximate surface area is 173 Å². The zero-order valence-corrected chi connectivity index (χ0v) is 16.7. The largest absolute Gasteiger partial charge is 0.393 e. The zero-order chi connectivity index (χ0) is 19.7. The Balaban J connectivity index is 0.00000240. The number of hydrogen-bond donors (Lipinski definition) is 2. The van der Waals surface area contributed by atoms with Crippen LogP contribution in [0, 0.1) is 0 Å². The van der Waals surface area contributed by atoms with Crippen LogP contribution in [0.2, 0.25) is 0 Å². The predicted molar refractivity (Wildman–Crippen MR) is 105 cm³/mol. The molecule has 0 aliphatic carbocycles. The quantitative estimate of drug-likeness (QED) is 0.785. The van der Waals surface area contributed by atoms with Crippen molar-refractivity contribution in [2.24, 2.45) is 0 Å². The van der Waals surface area contributed by atoms with Crippen molar-refractivity contribution in [2.45, 2.75) is 44.3 Å². The maximum Gasteiger partial charge on any atom is 0.393 e. The fourth-order valence-corrected chi connectivity index (χ4v) is 4.27. The Morgan fingerprint density at radius 3 is 2.66 bits per heavy atom. The Bertz CT molecular complexity index is 860. The van der Waals surface area contributed by atoms with Gasteiger partial charge in [0.1, 0.15) is 0 Å². The number of nitrogens with one attached hydrogen (secondary N) is 2. The lowest BCUT2D eigenvalue weighted by molar-refractivity contribution is -0.127. The lowest BCUT2D eigenvalue weighted by atomic mass is 9.85. The summed E-state index contributed by atoms with van der Waals surface area (Å²) in [5.74, 6) is -0.0404. The van der Waals surface area contributed by atoms with Gasteiger partial charge in [0, 0.05) is 25.2 Å². The van der Waals surface area contributed by atoms with Gasteiger partial charge in [-0.2, -0.15) is 18.3 Å². The summed E-state index contributed by atoms with van der Waals surface area (Å²) < 4.78 is 38.7. The predicted octanol–water partition coefficient (Wildman–Crippen LogP) is 3.60. The number of benzene rings is 1. The fraction of sp³-hybridized carbons (Fsp3) is 0.500. The van der Waals surface area contributed by atoms with Gasteiger partial charge in [0.25, 0.3) is 5.91 Å². The minimum atomic E-state index is -4.22. The number of rotatable bonds is 3. The normalized spacial score (nSPS) is 17.6. The van der Waals surface area contributed by atoms with Crippen molar-refractivity contribution in [3.05, 3.63) is 52.3 Å². The number of amides is 1. The summed E-state index contributed by atoms with van der Waals surface area (Å²) in [4.78, 5) is 14.7. The molecular weight excluding hydrogens is 405 g/mol. The summed E-state index contributed by atoms with van der Waals surface area (Å²) >= 11 is 0. The molecule has 2 aliphatic rings. The lowest BCUT2D eigenvalue weighted by Crippen LogP contribution is -2.39. The third kappa shape index (κ3) is 4.75. The molecule has 1 saturated heterocycles. The number of halogens is 4. The molecule has 2 aliphatic heterocycles. The van der Waals surface area contributed by atoms with E-state index in [1.54, 1.807) is 29.2 Å². The number of aromatic amines is 1. The van der Waals surface area contributed by atoms with Crippen molar-refractivity contribution in [3.8, 4) is 0 Å². The van der Waals surface area contributed by atoms with Crippen LogP contribution in [0.3, 0.4) is 0 Å². The number of nitrogens with zero attached hydrogens (tertiary/aromatic N) is 2. The molecule has 0 bridgehead atoms. The summed E-state index contributed by atoms with van der Waals surface area (Å²) in [5.41, 5.74) is 3.54. The van der Waals surface area contributed by atoms with Gasteiger partial charge in [-0.15, -0.1) is 12.4 Å². The zero-order valence-electron chi connectivity index (χ0n) is 15.9. The van der Waals surface area contributed by atoms with Gasteiger partial charge in [-0.25, -0.2) is 0 Å². The van der Waals surface area contributed by atoms with E-state index >= 15 is 0 Å². The molecule has 9 heteroatoms.